The summed E-state index contributed by atoms with van der Waals surface area (Å²) in [5, 5.41) is 7.55. The largest absolute Gasteiger partial charge is 0.474 e. The summed E-state index contributed by atoms with van der Waals surface area (Å²) in [7, 11) is 0. The van der Waals surface area contributed by atoms with E-state index in [1.165, 1.54) is 0 Å². The molecule has 16 heavy (non-hydrogen) atoms. The fourth-order valence-electron chi connectivity index (χ4n) is 1.53. The molecule has 0 aromatic carbocycles. The van der Waals surface area contributed by atoms with E-state index in [-0.39, 0.29) is 11.4 Å². The second kappa shape index (κ2) is 4.65. The lowest BCUT2D eigenvalue weighted by Gasteiger charge is -2.12. The summed E-state index contributed by atoms with van der Waals surface area (Å²) in [4.78, 5) is 8.07. The standard InChI is InChI=1S/C10H13ClN4O/c1-3-4-6(2)16-9-7-5-12-15-8(7)13-10(11)14-9/h5-6H,3-4H2,1-2H3,(H,12,13,14,15). The minimum atomic E-state index is 0.106. The van der Waals surface area contributed by atoms with Crippen molar-refractivity contribution in [2.75, 3.05) is 0 Å². The van der Waals surface area contributed by atoms with Gasteiger partial charge in [0, 0.05) is 0 Å². The molecule has 0 spiro atoms. The first-order valence-electron chi connectivity index (χ1n) is 5.24. The molecular formula is C10H13ClN4O. The molecule has 0 amide bonds. The summed E-state index contributed by atoms with van der Waals surface area (Å²) in [5.41, 5.74) is 0.596. The van der Waals surface area contributed by atoms with Gasteiger partial charge in [-0.15, -0.1) is 0 Å². The second-order valence-electron chi connectivity index (χ2n) is 3.65. The van der Waals surface area contributed by atoms with Gasteiger partial charge in [0.1, 0.15) is 5.39 Å². The molecule has 1 atom stereocenters. The lowest BCUT2D eigenvalue weighted by Crippen LogP contribution is -2.12. The molecule has 1 N–H and O–H groups in total. The number of ether oxygens (including phenoxy) is 1. The highest BCUT2D eigenvalue weighted by atomic mass is 35.5. The third-order valence-electron chi connectivity index (χ3n) is 2.26. The third-order valence-corrected chi connectivity index (χ3v) is 2.42. The van der Waals surface area contributed by atoms with Gasteiger partial charge in [0.25, 0.3) is 0 Å². The molecule has 0 saturated carbocycles. The van der Waals surface area contributed by atoms with Crippen molar-refractivity contribution >= 4 is 22.6 Å². The van der Waals surface area contributed by atoms with Gasteiger partial charge >= 0.3 is 0 Å². The van der Waals surface area contributed by atoms with Crippen molar-refractivity contribution < 1.29 is 4.74 Å². The number of H-pyrrole nitrogens is 1. The average molecular weight is 241 g/mol. The molecule has 0 aliphatic rings. The molecule has 2 rings (SSSR count). The summed E-state index contributed by atoms with van der Waals surface area (Å²) in [6, 6.07) is 0. The van der Waals surface area contributed by atoms with Gasteiger partial charge in [0.05, 0.1) is 12.3 Å². The Hall–Kier alpha value is -1.36. The Balaban J connectivity index is 2.31. The molecular weight excluding hydrogens is 228 g/mol. The minimum Gasteiger partial charge on any atom is -0.474 e. The van der Waals surface area contributed by atoms with E-state index >= 15 is 0 Å². The second-order valence-corrected chi connectivity index (χ2v) is 3.99. The van der Waals surface area contributed by atoms with Crippen LogP contribution in [-0.2, 0) is 0 Å². The molecule has 0 saturated heterocycles. The first-order chi connectivity index (χ1) is 7.70. The van der Waals surface area contributed by atoms with E-state index < -0.39 is 0 Å². The SMILES string of the molecule is CCCC(C)Oc1nc(Cl)nc2[nH]ncc12. The summed E-state index contributed by atoms with van der Waals surface area (Å²) in [6.45, 7) is 4.12. The van der Waals surface area contributed by atoms with Crippen LogP contribution < -0.4 is 4.74 Å². The van der Waals surface area contributed by atoms with Crippen molar-refractivity contribution in [3.8, 4) is 5.88 Å². The molecule has 6 heteroatoms. The fraction of sp³-hybridized carbons (Fsp3) is 0.500. The van der Waals surface area contributed by atoms with Crippen LogP contribution in [0.1, 0.15) is 26.7 Å². The molecule has 1 unspecified atom stereocenters. The lowest BCUT2D eigenvalue weighted by atomic mass is 10.2. The van der Waals surface area contributed by atoms with E-state index in [2.05, 4.69) is 27.1 Å². The van der Waals surface area contributed by atoms with Crippen molar-refractivity contribution in [3.05, 3.63) is 11.5 Å². The van der Waals surface area contributed by atoms with Gasteiger partial charge in [-0.05, 0) is 24.9 Å². The van der Waals surface area contributed by atoms with Crippen LogP contribution in [0, 0.1) is 0 Å². The van der Waals surface area contributed by atoms with Crippen molar-refractivity contribution in [1.82, 2.24) is 20.2 Å². The Morgan fingerprint density at radius 3 is 3.06 bits per heavy atom. The van der Waals surface area contributed by atoms with Crippen LogP contribution >= 0.6 is 11.6 Å². The summed E-state index contributed by atoms with van der Waals surface area (Å²) < 4.78 is 5.71. The molecule has 86 valence electrons. The van der Waals surface area contributed by atoms with Gasteiger partial charge in [-0.2, -0.15) is 15.1 Å². The van der Waals surface area contributed by atoms with Gasteiger partial charge in [0.2, 0.25) is 11.2 Å². The number of aromatic nitrogens is 4. The smallest absolute Gasteiger partial charge is 0.229 e. The zero-order valence-electron chi connectivity index (χ0n) is 9.20. The number of nitrogens with zero attached hydrogens (tertiary/aromatic N) is 3. The van der Waals surface area contributed by atoms with Gasteiger partial charge < -0.3 is 4.74 Å². The van der Waals surface area contributed by atoms with Crippen LogP contribution in [0.15, 0.2) is 6.20 Å². The number of aromatic amines is 1. The van der Waals surface area contributed by atoms with Crippen LogP contribution in [0.3, 0.4) is 0 Å². The maximum Gasteiger partial charge on any atom is 0.229 e. The van der Waals surface area contributed by atoms with Crippen molar-refractivity contribution in [1.29, 1.82) is 0 Å². The van der Waals surface area contributed by atoms with Crippen LogP contribution in [0.25, 0.3) is 11.0 Å². The Labute approximate surface area is 98.2 Å². The maximum atomic E-state index is 5.79. The average Bonchev–Trinajstić information content (AvgIpc) is 2.65. The van der Waals surface area contributed by atoms with Crippen molar-refractivity contribution in [2.24, 2.45) is 0 Å². The van der Waals surface area contributed by atoms with E-state index in [0.717, 1.165) is 18.2 Å². The molecule has 0 bridgehead atoms. The van der Waals surface area contributed by atoms with E-state index in [4.69, 9.17) is 16.3 Å². The van der Waals surface area contributed by atoms with Crippen LogP contribution in [-0.4, -0.2) is 26.3 Å². The highest BCUT2D eigenvalue weighted by Gasteiger charge is 2.12. The quantitative estimate of drug-likeness (QED) is 0.835. The first-order valence-corrected chi connectivity index (χ1v) is 5.61. The Bertz CT molecular complexity index is 485. The minimum absolute atomic E-state index is 0.106. The highest BCUT2D eigenvalue weighted by Crippen LogP contribution is 2.23. The molecule has 5 nitrogen and oxygen atoms in total. The first kappa shape index (κ1) is 11.1. The van der Waals surface area contributed by atoms with Crippen LogP contribution in [0.2, 0.25) is 5.28 Å². The van der Waals surface area contributed by atoms with E-state index in [0.29, 0.717) is 11.5 Å². The summed E-state index contributed by atoms with van der Waals surface area (Å²) in [5.74, 6) is 0.490. The Morgan fingerprint density at radius 1 is 1.50 bits per heavy atom. The van der Waals surface area contributed by atoms with Crippen molar-refractivity contribution in [2.45, 2.75) is 32.8 Å². The number of fused-ring (bicyclic) bond motifs is 1. The zero-order chi connectivity index (χ0) is 11.5. The molecule has 2 aromatic heterocycles. The number of hydrogen-bond acceptors (Lipinski definition) is 4. The predicted molar refractivity (Wildman–Crippen MR) is 61.7 cm³/mol. The van der Waals surface area contributed by atoms with E-state index in [1.807, 2.05) is 6.92 Å². The van der Waals surface area contributed by atoms with Gasteiger partial charge in [-0.1, -0.05) is 13.3 Å². The normalized spacial score (nSPS) is 12.9. The molecule has 0 aliphatic carbocycles. The Morgan fingerprint density at radius 2 is 2.31 bits per heavy atom. The number of rotatable bonds is 4. The molecule has 0 radical (unpaired) electrons. The number of halogens is 1. The topological polar surface area (TPSA) is 63.7 Å². The number of nitrogens with one attached hydrogen (secondary N) is 1. The third kappa shape index (κ3) is 2.24. The fourth-order valence-corrected chi connectivity index (χ4v) is 1.69. The van der Waals surface area contributed by atoms with Gasteiger partial charge in [0.15, 0.2) is 5.65 Å². The van der Waals surface area contributed by atoms with Crippen LogP contribution in [0.5, 0.6) is 5.88 Å². The molecule has 0 aliphatic heterocycles. The zero-order valence-corrected chi connectivity index (χ0v) is 9.95. The summed E-state index contributed by atoms with van der Waals surface area (Å²) in [6.07, 6.45) is 3.78. The Kier molecular flexibility index (Phi) is 3.24. The predicted octanol–water partition coefficient (Wildman–Crippen LogP) is 2.57. The molecule has 2 heterocycles. The monoisotopic (exact) mass is 240 g/mol. The van der Waals surface area contributed by atoms with Crippen LogP contribution in [0.4, 0.5) is 0 Å². The lowest BCUT2D eigenvalue weighted by molar-refractivity contribution is 0.204. The maximum absolute atomic E-state index is 5.79. The summed E-state index contributed by atoms with van der Waals surface area (Å²) >= 11 is 5.79. The van der Waals surface area contributed by atoms with Gasteiger partial charge in [-0.25, -0.2) is 0 Å². The highest BCUT2D eigenvalue weighted by molar-refractivity contribution is 6.28. The van der Waals surface area contributed by atoms with E-state index in [9.17, 15) is 0 Å². The molecule has 0 fully saturated rings. The van der Waals surface area contributed by atoms with Crippen molar-refractivity contribution in [3.63, 3.8) is 0 Å². The number of hydrogen-bond donors (Lipinski definition) is 1. The van der Waals surface area contributed by atoms with Gasteiger partial charge in [-0.3, -0.25) is 5.10 Å². The molecule has 2 aromatic rings. The van der Waals surface area contributed by atoms with E-state index in [1.54, 1.807) is 6.20 Å².